The minimum Gasteiger partial charge on any atom is -0.340 e. The molecular formula is C22H33N3O2. The average Bonchev–Trinajstić information content (AvgIpc) is 2.67. The van der Waals surface area contributed by atoms with E-state index in [0.717, 1.165) is 57.8 Å². The van der Waals surface area contributed by atoms with Crippen LogP contribution in [0.15, 0.2) is 24.3 Å². The van der Waals surface area contributed by atoms with Gasteiger partial charge in [-0.15, -0.1) is 0 Å². The summed E-state index contributed by atoms with van der Waals surface area (Å²) < 4.78 is 0. The van der Waals surface area contributed by atoms with Gasteiger partial charge in [0.25, 0.3) is 0 Å². The van der Waals surface area contributed by atoms with E-state index in [0.29, 0.717) is 18.2 Å². The van der Waals surface area contributed by atoms with E-state index in [2.05, 4.69) is 22.9 Å². The zero-order valence-electron chi connectivity index (χ0n) is 16.8. The van der Waals surface area contributed by atoms with E-state index in [4.69, 9.17) is 0 Å². The highest BCUT2D eigenvalue weighted by Crippen LogP contribution is 2.23. The van der Waals surface area contributed by atoms with Crippen molar-refractivity contribution in [3.8, 4) is 0 Å². The van der Waals surface area contributed by atoms with E-state index < -0.39 is 0 Å². The molecule has 5 nitrogen and oxygen atoms in total. The summed E-state index contributed by atoms with van der Waals surface area (Å²) in [5.74, 6) is 1.05. The third-order valence-corrected chi connectivity index (χ3v) is 5.97. The number of piperazine rings is 1. The molecule has 1 unspecified atom stereocenters. The van der Waals surface area contributed by atoms with Gasteiger partial charge >= 0.3 is 0 Å². The number of rotatable bonds is 6. The van der Waals surface area contributed by atoms with Gasteiger partial charge < -0.3 is 9.80 Å². The average molecular weight is 372 g/mol. The standard InChI is InChI=1S/C22H33N3O2/c1-18(26)21-7-3-5-20(15-21)17-24-10-4-6-19(16-24)8-9-22(27)25-13-11-23(2)12-14-25/h3,5,7,15,19H,4,6,8-14,16-17H2,1-2H3. The molecule has 0 saturated carbocycles. The Labute approximate surface area is 163 Å². The quantitative estimate of drug-likeness (QED) is 0.721. The number of likely N-dealkylation sites (N-methyl/N-ethyl adjacent to an activating group) is 1. The van der Waals surface area contributed by atoms with E-state index in [1.54, 1.807) is 6.92 Å². The Morgan fingerprint density at radius 2 is 1.89 bits per heavy atom. The molecule has 0 radical (unpaired) electrons. The van der Waals surface area contributed by atoms with Gasteiger partial charge in [-0.25, -0.2) is 0 Å². The van der Waals surface area contributed by atoms with Gasteiger partial charge in [0.2, 0.25) is 5.91 Å². The number of hydrogen-bond acceptors (Lipinski definition) is 4. The highest BCUT2D eigenvalue weighted by molar-refractivity contribution is 5.94. The Bertz CT molecular complexity index is 653. The van der Waals surface area contributed by atoms with Crippen LogP contribution < -0.4 is 0 Å². The lowest BCUT2D eigenvalue weighted by atomic mass is 9.92. The summed E-state index contributed by atoms with van der Waals surface area (Å²) in [6.07, 6.45) is 4.09. The number of benzene rings is 1. The predicted octanol–water partition coefficient (Wildman–Crippen LogP) is 2.66. The maximum absolute atomic E-state index is 12.5. The number of nitrogens with zero attached hydrogens (tertiary/aromatic N) is 3. The molecule has 0 N–H and O–H groups in total. The second-order valence-electron chi connectivity index (χ2n) is 8.22. The first-order valence-electron chi connectivity index (χ1n) is 10.3. The Morgan fingerprint density at radius 3 is 2.63 bits per heavy atom. The highest BCUT2D eigenvalue weighted by Gasteiger charge is 2.23. The van der Waals surface area contributed by atoms with Gasteiger partial charge in [-0.1, -0.05) is 18.2 Å². The summed E-state index contributed by atoms with van der Waals surface area (Å²) in [6.45, 7) is 8.40. The van der Waals surface area contributed by atoms with Crippen LogP contribution in [0, 0.1) is 5.92 Å². The monoisotopic (exact) mass is 371 g/mol. The van der Waals surface area contributed by atoms with Crippen LogP contribution in [-0.2, 0) is 11.3 Å². The SMILES string of the molecule is CC(=O)c1cccc(CN2CCCC(CCC(=O)N3CCN(C)CC3)C2)c1. The zero-order chi connectivity index (χ0) is 19.2. The fourth-order valence-electron chi connectivity index (χ4n) is 4.22. The predicted molar refractivity (Wildman–Crippen MR) is 108 cm³/mol. The van der Waals surface area contributed by atoms with Gasteiger partial charge in [-0.2, -0.15) is 0 Å². The van der Waals surface area contributed by atoms with E-state index >= 15 is 0 Å². The smallest absolute Gasteiger partial charge is 0.222 e. The number of carbonyl (C=O) groups is 2. The van der Waals surface area contributed by atoms with Crippen molar-refractivity contribution in [1.29, 1.82) is 0 Å². The van der Waals surface area contributed by atoms with Crippen LogP contribution in [0.1, 0.15) is 48.5 Å². The number of amides is 1. The van der Waals surface area contributed by atoms with Gasteiger partial charge in [0.15, 0.2) is 5.78 Å². The van der Waals surface area contributed by atoms with Gasteiger partial charge in [-0.3, -0.25) is 14.5 Å². The minimum absolute atomic E-state index is 0.121. The highest BCUT2D eigenvalue weighted by atomic mass is 16.2. The van der Waals surface area contributed by atoms with Crippen LogP contribution in [-0.4, -0.2) is 72.7 Å². The van der Waals surface area contributed by atoms with Crippen molar-refractivity contribution in [3.05, 3.63) is 35.4 Å². The van der Waals surface area contributed by atoms with E-state index in [1.807, 2.05) is 23.1 Å². The van der Waals surface area contributed by atoms with Gasteiger partial charge in [0, 0.05) is 51.3 Å². The first-order chi connectivity index (χ1) is 13.0. The molecule has 1 atom stereocenters. The molecular weight excluding hydrogens is 338 g/mol. The largest absolute Gasteiger partial charge is 0.340 e. The normalized spacial score (nSPS) is 22.0. The molecule has 0 aliphatic carbocycles. The molecule has 2 aliphatic rings. The summed E-state index contributed by atoms with van der Waals surface area (Å²) in [5.41, 5.74) is 2.00. The number of Topliss-reactive ketones (excluding diaryl/α,β-unsaturated/α-hetero) is 1. The molecule has 2 fully saturated rings. The molecule has 1 aromatic rings. The topological polar surface area (TPSA) is 43.9 Å². The summed E-state index contributed by atoms with van der Waals surface area (Å²) in [7, 11) is 2.12. The number of ketones is 1. The minimum atomic E-state index is 0.121. The molecule has 5 heteroatoms. The first-order valence-corrected chi connectivity index (χ1v) is 10.3. The molecule has 0 spiro atoms. The van der Waals surface area contributed by atoms with Crippen LogP contribution >= 0.6 is 0 Å². The molecule has 2 aliphatic heterocycles. The number of hydrogen-bond donors (Lipinski definition) is 0. The summed E-state index contributed by atoms with van der Waals surface area (Å²) in [5, 5.41) is 0. The van der Waals surface area contributed by atoms with E-state index in [9.17, 15) is 9.59 Å². The van der Waals surface area contributed by atoms with Gasteiger partial charge in [0.1, 0.15) is 0 Å². The van der Waals surface area contributed by atoms with Crippen LogP contribution in [0.3, 0.4) is 0 Å². The van der Waals surface area contributed by atoms with E-state index in [1.165, 1.54) is 18.4 Å². The summed E-state index contributed by atoms with van der Waals surface area (Å²) in [6, 6.07) is 7.98. The van der Waals surface area contributed by atoms with Gasteiger partial charge in [-0.05, 0) is 57.3 Å². The zero-order valence-corrected chi connectivity index (χ0v) is 16.8. The summed E-state index contributed by atoms with van der Waals surface area (Å²) >= 11 is 0. The molecule has 2 heterocycles. The van der Waals surface area contributed by atoms with Crippen LogP contribution in [0.5, 0.6) is 0 Å². The van der Waals surface area contributed by atoms with Crippen LogP contribution in [0.2, 0.25) is 0 Å². The van der Waals surface area contributed by atoms with Crippen LogP contribution in [0.4, 0.5) is 0 Å². The third kappa shape index (κ3) is 5.88. The maximum Gasteiger partial charge on any atom is 0.222 e. The Kier molecular flexibility index (Phi) is 7.02. The molecule has 2 saturated heterocycles. The second-order valence-corrected chi connectivity index (χ2v) is 8.22. The van der Waals surface area contributed by atoms with Crippen molar-refractivity contribution >= 4 is 11.7 Å². The van der Waals surface area contributed by atoms with Crippen LogP contribution in [0.25, 0.3) is 0 Å². The van der Waals surface area contributed by atoms with Crippen molar-refractivity contribution in [2.45, 2.75) is 39.2 Å². The van der Waals surface area contributed by atoms with Crippen molar-refractivity contribution in [2.75, 3.05) is 46.3 Å². The van der Waals surface area contributed by atoms with Crippen molar-refractivity contribution in [3.63, 3.8) is 0 Å². The lowest BCUT2D eigenvalue weighted by molar-refractivity contribution is -0.133. The van der Waals surface area contributed by atoms with Crippen molar-refractivity contribution < 1.29 is 9.59 Å². The number of carbonyl (C=O) groups excluding carboxylic acids is 2. The fourth-order valence-corrected chi connectivity index (χ4v) is 4.22. The second kappa shape index (κ2) is 9.47. The van der Waals surface area contributed by atoms with Crippen molar-refractivity contribution in [1.82, 2.24) is 14.7 Å². The Balaban J connectivity index is 1.46. The first kappa shape index (κ1) is 20.0. The molecule has 1 aromatic carbocycles. The lowest BCUT2D eigenvalue weighted by Gasteiger charge is -2.34. The molecule has 0 aromatic heterocycles. The molecule has 1 amide bonds. The molecule has 148 valence electrons. The molecule has 3 rings (SSSR count). The summed E-state index contributed by atoms with van der Waals surface area (Å²) in [4.78, 5) is 30.9. The lowest BCUT2D eigenvalue weighted by Crippen LogP contribution is -2.47. The van der Waals surface area contributed by atoms with E-state index in [-0.39, 0.29) is 5.78 Å². The number of likely N-dealkylation sites (tertiary alicyclic amines) is 1. The number of piperidine rings is 1. The maximum atomic E-state index is 12.5. The molecule has 27 heavy (non-hydrogen) atoms. The Morgan fingerprint density at radius 1 is 1.11 bits per heavy atom. The fraction of sp³-hybridized carbons (Fsp3) is 0.636. The van der Waals surface area contributed by atoms with Gasteiger partial charge in [0.05, 0.1) is 0 Å². The Hall–Kier alpha value is -1.72. The van der Waals surface area contributed by atoms with Crippen molar-refractivity contribution in [2.24, 2.45) is 5.92 Å². The third-order valence-electron chi connectivity index (χ3n) is 5.97. The molecule has 0 bridgehead atoms.